The van der Waals surface area contributed by atoms with Crippen LogP contribution in [-0.2, 0) is 11.0 Å². The Kier molecular flexibility index (Phi) is 6.90. The molecular weight excluding hydrogens is 445 g/mol. The summed E-state index contributed by atoms with van der Waals surface area (Å²) in [4.78, 5) is 12.6. The number of halogens is 3. The van der Waals surface area contributed by atoms with Gasteiger partial charge in [-0.2, -0.15) is 23.7 Å². The van der Waals surface area contributed by atoms with E-state index in [4.69, 9.17) is 5.26 Å². The quantitative estimate of drug-likeness (QED) is 0.480. The minimum atomic E-state index is -4.78. The molecule has 6 nitrogen and oxygen atoms in total. The third kappa shape index (κ3) is 5.52. The van der Waals surface area contributed by atoms with Crippen LogP contribution in [0.15, 0.2) is 66.7 Å². The maximum absolute atomic E-state index is 13.2. The lowest BCUT2D eigenvalue weighted by atomic mass is 9.99. The summed E-state index contributed by atoms with van der Waals surface area (Å²) in [6.07, 6.45) is -4.78. The summed E-state index contributed by atoms with van der Waals surface area (Å²) in [5.74, 6) is -0.935. The first-order valence-electron chi connectivity index (χ1n) is 10.0. The van der Waals surface area contributed by atoms with Crippen LogP contribution in [0.2, 0.25) is 0 Å². The van der Waals surface area contributed by atoms with Crippen LogP contribution >= 0.6 is 0 Å². The second kappa shape index (κ2) is 9.65. The predicted octanol–water partition coefficient (Wildman–Crippen LogP) is 4.92. The van der Waals surface area contributed by atoms with Gasteiger partial charge in [0.15, 0.2) is 5.60 Å². The number of carbonyl (C=O) groups is 1. The maximum atomic E-state index is 13.2. The summed E-state index contributed by atoms with van der Waals surface area (Å²) >= 11 is 0. The molecule has 3 N–H and O–H groups in total. The molecule has 0 saturated heterocycles. The SMILES string of the molecule is C[C@](O)(CNc1ccc(C#N)c(-c2ccccc2)c1)C(=O)Nc1ccc(C#N)c(C(F)(F)F)c1. The van der Waals surface area contributed by atoms with Crippen LogP contribution in [0.5, 0.6) is 0 Å². The van der Waals surface area contributed by atoms with Crippen molar-refractivity contribution in [2.75, 3.05) is 17.2 Å². The van der Waals surface area contributed by atoms with Crippen molar-refractivity contribution in [3.8, 4) is 23.3 Å². The standard InChI is InChI=1S/C25H19F3N4O2/c1-24(34,23(33)32-20-10-8-18(14-30)22(12-20)25(26,27)28)15-31-19-9-7-17(13-29)21(11-19)16-5-3-2-4-6-16/h2-12,31,34H,15H2,1H3,(H,32,33)/t24-/m0/s1. The summed E-state index contributed by atoms with van der Waals surface area (Å²) in [7, 11) is 0. The largest absolute Gasteiger partial charge is 0.417 e. The zero-order chi connectivity index (χ0) is 24.9. The van der Waals surface area contributed by atoms with Gasteiger partial charge in [0, 0.05) is 16.9 Å². The lowest BCUT2D eigenvalue weighted by Crippen LogP contribution is -2.45. The third-order valence-electron chi connectivity index (χ3n) is 5.05. The average molecular weight is 464 g/mol. The molecule has 3 aromatic rings. The molecule has 0 saturated carbocycles. The molecule has 0 fully saturated rings. The van der Waals surface area contributed by atoms with Gasteiger partial charge in [-0.15, -0.1) is 0 Å². The summed E-state index contributed by atoms with van der Waals surface area (Å²) in [5, 5.41) is 34.1. The van der Waals surface area contributed by atoms with Crippen LogP contribution in [0, 0.1) is 22.7 Å². The number of aliphatic hydroxyl groups is 1. The Balaban J connectivity index is 1.75. The fraction of sp³-hybridized carbons (Fsp3) is 0.160. The van der Waals surface area contributed by atoms with Gasteiger partial charge in [0.1, 0.15) is 0 Å². The van der Waals surface area contributed by atoms with E-state index in [2.05, 4.69) is 16.7 Å². The highest BCUT2D eigenvalue weighted by Gasteiger charge is 2.35. The number of benzene rings is 3. The number of nitrogens with zero attached hydrogens (tertiary/aromatic N) is 2. The number of amides is 1. The average Bonchev–Trinajstić information content (AvgIpc) is 2.82. The molecule has 0 aliphatic rings. The van der Waals surface area contributed by atoms with E-state index in [1.165, 1.54) is 13.0 Å². The van der Waals surface area contributed by atoms with Crippen molar-refractivity contribution < 1.29 is 23.1 Å². The van der Waals surface area contributed by atoms with E-state index in [0.29, 0.717) is 22.9 Å². The Bertz CT molecular complexity index is 1290. The normalized spacial score (nSPS) is 12.7. The first-order valence-corrected chi connectivity index (χ1v) is 10.0. The number of hydrogen-bond donors (Lipinski definition) is 3. The Hall–Kier alpha value is -4.34. The maximum Gasteiger partial charge on any atom is 0.417 e. The van der Waals surface area contributed by atoms with Crippen molar-refractivity contribution in [2.45, 2.75) is 18.7 Å². The Labute approximate surface area is 193 Å². The molecule has 1 amide bonds. The molecule has 9 heteroatoms. The number of hydrogen-bond acceptors (Lipinski definition) is 5. The second-order valence-electron chi connectivity index (χ2n) is 7.69. The molecule has 0 aliphatic heterocycles. The van der Waals surface area contributed by atoms with Gasteiger partial charge in [-0.3, -0.25) is 4.79 Å². The Morgan fingerprint density at radius 3 is 2.18 bits per heavy atom. The fourth-order valence-electron chi connectivity index (χ4n) is 3.18. The van der Waals surface area contributed by atoms with Crippen molar-refractivity contribution in [3.05, 3.63) is 83.4 Å². The van der Waals surface area contributed by atoms with E-state index < -0.39 is 28.8 Å². The first kappa shape index (κ1) is 24.3. The number of rotatable bonds is 6. The van der Waals surface area contributed by atoms with Crippen molar-refractivity contribution in [2.24, 2.45) is 0 Å². The van der Waals surface area contributed by atoms with Crippen molar-refractivity contribution in [1.29, 1.82) is 10.5 Å². The monoisotopic (exact) mass is 464 g/mol. The van der Waals surface area contributed by atoms with Crippen LogP contribution in [0.4, 0.5) is 24.5 Å². The molecule has 0 spiro atoms. The summed E-state index contributed by atoms with van der Waals surface area (Å²) in [6, 6.07) is 20.5. The molecule has 1 atom stereocenters. The van der Waals surface area contributed by atoms with Crippen LogP contribution in [-0.4, -0.2) is 23.2 Å². The van der Waals surface area contributed by atoms with Crippen LogP contribution in [0.1, 0.15) is 23.6 Å². The molecular formula is C25H19F3N4O2. The highest BCUT2D eigenvalue weighted by molar-refractivity contribution is 5.97. The summed E-state index contributed by atoms with van der Waals surface area (Å²) in [5.41, 5.74) is -1.51. The van der Waals surface area contributed by atoms with E-state index >= 15 is 0 Å². The third-order valence-corrected chi connectivity index (χ3v) is 5.05. The molecule has 3 aromatic carbocycles. The minimum Gasteiger partial charge on any atom is -0.382 e. The van der Waals surface area contributed by atoms with E-state index in [9.17, 15) is 28.3 Å². The van der Waals surface area contributed by atoms with Gasteiger partial charge < -0.3 is 15.7 Å². The molecule has 0 aliphatic carbocycles. The topological polar surface area (TPSA) is 109 Å². The van der Waals surface area contributed by atoms with Gasteiger partial charge in [-0.05, 0) is 48.9 Å². The summed E-state index contributed by atoms with van der Waals surface area (Å²) in [6.45, 7) is 0.951. The zero-order valence-electron chi connectivity index (χ0n) is 17.9. The highest BCUT2D eigenvalue weighted by Crippen LogP contribution is 2.34. The summed E-state index contributed by atoms with van der Waals surface area (Å²) < 4.78 is 39.5. The van der Waals surface area contributed by atoms with E-state index in [-0.39, 0.29) is 12.2 Å². The van der Waals surface area contributed by atoms with Crippen LogP contribution in [0.25, 0.3) is 11.1 Å². The molecule has 0 radical (unpaired) electrons. The number of nitrogens with one attached hydrogen (secondary N) is 2. The number of alkyl halides is 3. The molecule has 34 heavy (non-hydrogen) atoms. The first-order chi connectivity index (χ1) is 16.0. The van der Waals surface area contributed by atoms with E-state index in [1.807, 2.05) is 30.3 Å². The minimum absolute atomic E-state index is 0.207. The van der Waals surface area contributed by atoms with E-state index in [0.717, 1.165) is 17.7 Å². The van der Waals surface area contributed by atoms with Crippen LogP contribution in [0.3, 0.4) is 0 Å². The molecule has 3 rings (SSSR count). The van der Waals surface area contributed by atoms with Crippen molar-refractivity contribution >= 4 is 17.3 Å². The number of anilines is 2. The van der Waals surface area contributed by atoms with Gasteiger partial charge in [0.2, 0.25) is 0 Å². The lowest BCUT2D eigenvalue weighted by molar-refractivity contribution is -0.137. The molecule has 0 heterocycles. The second-order valence-corrected chi connectivity index (χ2v) is 7.69. The molecule has 172 valence electrons. The van der Waals surface area contributed by atoms with E-state index in [1.54, 1.807) is 18.2 Å². The zero-order valence-corrected chi connectivity index (χ0v) is 17.9. The van der Waals surface area contributed by atoms with Gasteiger partial charge >= 0.3 is 6.18 Å². The molecule has 0 aromatic heterocycles. The highest BCUT2D eigenvalue weighted by atomic mass is 19.4. The molecule has 0 unspecified atom stereocenters. The fourth-order valence-corrected chi connectivity index (χ4v) is 3.18. The van der Waals surface area contributed by atoms with Crippen molar-refractivity contribution in [3.63, 3.8) is 0 Å². The van der Waals surface area contributed by atoms with Gasteiger partial charge in [0.05, 0.1) is 35.4 Å². The predicted molar refractivity (Wildman–Crippen MR) is 120 cm³/mol. The smallest absolute Gasteiger partial charge is 0.382 e. The van der Waals surface area contributed by atoms with Gasteiger partial charge in [0.25, 0.3) is 5.91 Å². The van der Waals surface area contributed by atoms with Gasteiger partial charge in [-0.1, -0.05) is 30.3 Å². The Morgan fingerprint density at radius 2 is 1.56 bits per heavy atom. The van der Waals surface area contributed by atoms with Crippen molar-refractivity contribution in [1.82, 2.24) is 0 Å². The number of carbonyl (C=O) groups excluding carboxylic acids is 1. The van der Waals surface area contributed by atoms with Crippen LogP contribution < -0.4 is 10.6 Å². The van der Waals surface area contributed by atoms with Gasteiger partial charge in [-0.25, -0.2) is 0 Å². The number of nitriles is 2. The molecule has 0 bridgehead atoms. The Morgan fingerprint density at radius 1 is 0.941 bits per heavy atom. The lowest BCUT2D eigenvalue weighted by Gasteiger charge is -2.24.